The normalized spacial score (nSPS) is 21.1. The quantitative estimate of drug-likeness (QED) is 0.772. The van der Waals surface area contributed by atoms with Crippen LogP contribution in [0.5, 0.6) is 0 Å². The largest absolute Gasteiger partial charge is 0.466 e. The predicted octanol–water partition coefficient (Wildman–Crippen LogP) is 3.66. The zero-order valence-corrected chi connectivity index (χ0v) is 15.4. The molecule has 0 saturated carbocycles. The fourth-order valence-corrected chi connectivity index (χ4v) is 3.64. The molecule has 1 aliphatic heterocycles. The third-order valence-electron chi connectivity index (χ3n) is 4.91. The van der Waals surface area contributed by atoms with Gasteiger partial charge in [-0.3, -0.25) is 9.69 Å². The van der Waals surface area contributed by atoms with E-state index in [0.29, 0.717) is 19.6 Å². The Kier molecular flexibility index (Phi) is 6.23. The van der Waals surface area contributed by atoms with E-state index in [9.17, 15) is 4.79 Å². The Bertz CT molecular complexity index is 712. The smallest absolute Gasteiger partial charge is 0.313 e. The van der Waals surface area contributed by atoms with Crippen LogP contribution in [-0.4, -0.2) is 40.5 Å². The molecule has 138 valence electrons. The van der Waals surface area contributed by atoms with Gasteiger partial charge >= 0.3 is 5.97 Å². The second-order valence-electron chi connectivity index (χ2n) is 6.87. The van der Waals surface area contributed by atoms with E-state index < -0.39 is 5.41 Å². The highest BCUT2D eigenvalue weighted by Gasteiger charge is 2.42. The number of imidazole rings is 1. The van der Waals surface area contributed by atoms with Gasteiger partial charge in [0.05, 0.1) is 18.6 Å². The molecule has 2 aromatic rings. The lowest BCUT2D eigenvalue weighted by molar-refractivity contribution is -0.159. The van der Waals surface area contributed by atoms with Crippen molar-refractivity contribution in [2.45, 2.75) is 32.7 Å². The maximum Gasteiger partial charge on any atom is 0.313 e. The SMILES string of the molecule is CCOC(=O)C1(C/C=C/c2ccccc2)CCCN(Cc2ncc[nH]2)C1. The number of likely N-dealkylation sites (tertiary alicyclic amines) is 1. The number of ether oxygens (including phenoxy) is 1. The molecular weight excluding hydrogens is 326 g/mol. The number of aromatic amines is 1. The van der Waals surface area contributed by atoms with Gasteiger partial charge in [-0.25, -0.2) is 4.98 Å². The number of nitrogens with zero attached hydrogens (tertiary/aromatic N) is 2. The molecule has 2 heterocycles. The van der Waals surface area contributed by atoms with Crippen LogP contribution in [0.3, 0.4) is 0 Å². The summed E-state index contributed by atoms with van der Waals surface area (Å²) in [6.45, 7) is 4.70. The summed E-state index contributed by atoms with van der Waals surface area (Å²) in [6, 6.07) is 10.2. The van der Waals surface area contributed by atoms with Crippen LogP contribution in [-0.2, 0) is 16.1 Å². The number of hydrogen-bond donors (Lipinski definition) is 1. The van der Waals surface area contributed by atoms with Gasteiger partial charge < -0.3 is 9.72 Å². The minimum atomic E-state index is -0.480. The van der Waals surface area contributed by atoms with Gasteiger partial charge in [-0.2, -0.15) is 0 Å². The second kappa shape index (κ2) is 8.81. The summed E-state index contributed by atoms with van der Waals surface area (Å²) in [5.41, 5.74) is 0.668. The van der Waals surface area contributed by atoms with Crippen LogP contribution in [0.15, 0.2) is 48.8 Å². The predicted molar refractivity (Wildman–Crippen MR) is 102 cm³/mol. The molecule has 1 unspecified atom stereocenters. The van der Waals surface area contributed by atoms with Gasteiger partial charge in [0.25, 0.3) is 0 Å². The lowest BCUT2D eigenvalue weighted by Crippen LogP contribution is -2.48. The first-order valence-electron chi connectivity index (χ1n) is 9.31. The number of aromatic nitrogens is 2. The third kappa shape index (κ3) is 4.61. The van der Waals surface area contributed by atoms with Crippen LogP contribution in [0.4, 0.5) is 0 Å². The van der Waals surface area contributed by atoms with Gasteiger partial charge in [-0.1, -0.05) is 42.5 Å². The molecule has 1 aromatic heterocycles. The second-order valence-corrected chi connectivity index (χ2v) is 6.87. The molecule has 0 radical (unpaired) electrons. The standard InChI is InChI=1S/C21H27N3O2/c1-2-26-20(25)21(11-6-10-18-8-4-3-5-9-18)12-7-15-24(17-21)16-19-22-13-14-23-19/h3-6,8-10,13-14H,2,7,11-12,15-17H2,1H3,(H,22,23)/b10-6+. The summed E-state index contributed by atoms with van der Waals surface area (Å²) in [6.07, 6.45) is 10.3. The van der Waals surface area contributed by atoms with E-state index >= 15 is 0 Å². The number of hydrogen-bond acceptors (Lipinski definition) is 4. The molecule has 0 bridgehead atoms. The molecular formula is C21H27N3O2. The summed E-state index contributed by atoms with van der Waals surface area (Å²) in [7, 11) is 0. The Morgan fingerprint density at radius 3 is 2.96 bits per heavy atom. The molecule has 0 amide bonds. The van der Waals surface area contributed by atoms with E-state index in [0.717, 1.165) is 37.3 Å². The van der Waals surface area contributed by atoms with Crippen LogP contribution in [0.1, 0.15) is 37.6 Å². The molecule has 5 nitrogen and oxygen atoms in total. The van der Waals surface area contributed by atoms with E-state index in [1.807, 2.05) is 31.3 Å². The first-order chi connectivity index (χ1) is 12.7. The van der Waals surface area contributed by atoms with Crippen LogP contribution in [0.2, 0.25) is 0 Å². The van der Waals surface area contributed by atoms with E-state index in [2.05, 4.69) is 39.2 Å². The first-order valence-corrected chi connectivity index (χ1v) is 9.31. The van der Waals surface area contributed by atoms with Gasteiger partial charge in [0.15, 0.2) is 0 Å². The topological polar surface area (TPSA) is 58.2 Å². The molecule has 1 atom stereocenters. The third-order valence-corrected chi connectivity index (χ3v) is 4.91. The molecule has 1 aliphatic rings. The maximum atomic E-state index is 12.8. The van der Waals surface area contributed by atoms with E-state index in [1.54, 1.807) is 6.20 Å². The van der Waals surface area contributed by atoms with Crippen molar-refractivity contribution in [3.8, 4) is 0 Å². The number of rotatable bonds is 7. The Morgan fingerprint density at radius 1 is 1.38 bits per heavy atom. The Balaban J connectivity index is 1.72. The van der Waals surface area contributed by atoms with Gasteiger partial charge in [0.2, 0.25) is 0 Å². The molecule has 1 aromatic carbocycles. The van der Waals surface area contributed by atoms with Crippen molar-refractivity contribution in [2.75, 3.05) is 19.7 Å². The summed E-state index contributed by atoms with van der Waals surface area (Å²) in [5, 5.41) is 0. The highest BCUT2D eigenvalue weighted by atomic mass is 16.5. The average Bonchev–Trinajstić information content (AvgIpc) is 3.16. The fraction of sp³-hybridized carbons (Fsp3) is 0.429. The maximum absolute atomic E-state index is 12.8. The molecule has 3 rings (SSSR count). The van der Waals surface area contributed by atoms with Crippen molar-refractivity contribution in [3.63, 3.8) is 0 Å². The Morgan fingerprint density at radius 2 is 2.23 bits per heavy atom. The van der Waals surface area contributed by atoms with Crippen molar-refractivity contribution in [1.29, 1.82) is 0 Å². The molecule has 0 spiro atoms. The van der Waals surface area contributed by atoms with Crippen molar-refractivity contribution in [1.82, 2.24) is 14.9 Å². The van der Waals surface area contributed by atoms with Crippen LogP contribution in [0.25, 0.3) is 6.08 Å². The number of allylic oxidation sites excluding steroid dienone is 1. The number of H-pyrrole nitrogens is 1. The molecule has 1 saturated heterocycles. The highest BCUT2D eigenvalue weighted by molar-refractivity contribution is 5.77. The van der Waals surface area contributed by atoms with Gasteiger partial charge in [-0.05, 0) is 38.3 Å². The van der Waals surface area contributed by atoms with Crippen molar-refractivity contribution < 1.29 is 9.53 Å². The number of carbonyl (C=O) groups excluding carboxylic acids is 1. The number of carbonyl (C=O) groups is 1. The molecule has 26 heavy (non-hydrogen) atoms. The van der Waals surface area contributed by atoms with E-state index in [4.69, 9.17) is 4.74 Å². The Labute approximate surface area is 155 Å². The van der Waals surface area contributed by atoms with Gasteiger partial charge in [-0.15, -0.1) is 0 Å². The monoisotopic (exact) mass is 353 g/mol. The van der Waals surface area contributed by atoms with E-state index in [-0.39, 0.29) is 5.97 Å². The lowest BCUT2D eigenvalue weighted by atomic mass is 9.76. The number of nitrogens with one attached hydrogen (secondary N) is 1. The molecule has 5 heteroatoms. The zero-order valence-electron chi connectivity index (χ0n) is 15.4. The fourth-order valence-electron chi connectivity index (χ4n) is 3.64. The summed E-state index contributed by atoms with van der Waals surface area (Å²) < 4.78 is 5.45. The average molecular weight is 353 g/mol. The Hall–Kier alpha value is -2.40. The number of esters is 1. The van der Waals surface area contributed by atoms with Gasteiger partial charge in [0.1, 0.15) is 5.82 Å². The number of piperidine rings is 1. The molecule has 0 aliphatic carbocycles. The minimum absolute atomic E-state index is 0.0816. The number of benzene rings is 1. The van der Waals surface area contributed by atoms with Crippen LogP contribution in [0, 0.1) is 5.41 Å². The lowest BCUT2D eigenvalue weighted by Gasteiger charge is -2.40. The zero-order chi connectivity index (χ0) is 18.2. The van der Waals surface area contributed by atoms with Crippen LogP contribution >= 0.6 is 0 Å². The minimum Gasteiger partial charge on any atom is -0.466 e. The summed E-state index contributed by atoms with van der Waals surface area (Å²) in [5.74, 6) is 0.853. The van der Waals surface area contributed by atoms with E-state index in [1.165, 1.54) is 0 Å². The molecule has 1 fully saturated rings. The summed E-state index contributed by atoms with van der Waals surface area (Å²) >= 11 is 0. The highest BCUT2D eigenvalue weighted by Crippen LogP contribution is 2.36. The van der Waals surface area contributed by atoms with Crippen molar-refractivity contribution >= 4 is 12.0 Å². The van der Waals surface area contributed by atoms with Gasteiger partial charge in [0, 0.05) is 18.9 Å². The van der Waals surface area contributed by atoms with Crippen molar-refractivity contribution in [2.24, 2.45) is 5.41 Å². The van der Waals surface area contributed by atoms with Crippen molar-refractivity contribution in [3.05, 3.63) is 60.2 Å². The summed E-state index contributed by atoms with van der Waals surface area (Å²) in [4.78, 5) is 22.6. The molecule has 1 N–H and O–H groups in total. The van der Waals surface area contributed by atoms with Crippen LogP contribution < -0.4 is 0 Å². The first kappa shape index (κ1) is 18.4.